The average Bonchev–Trinajstić information content (AvgIpc) is 2.16. The molecule has 94 valence electrons. The second-order valence-electron chi connectivity index (χ2n) is 4.87. The summed E-state index contributed by atoms with van der Waals surface area (Å²) in [4.78, 5) is 11.5. The van der Waals surface area contributed by atoms with Crippen LogP contribution in [0.4, 0.5) is 0 Å². The summed E-state index contributed by atoms with van der Waals surface area (Å²) in [5.41, 5.74) is 4.56. The first-order valence-electron chi connectivity index (χ1n) is 5.53. The van der Waals surface area contributed by atoms with Crippen molar-refractivity contribution < 1.29 is 13.2 Å². The largest absolute Gasteiger partial charge is 0.368 e. The van der Waals surface area contributed by atoms with Crippen LogP contribution in [-0.4, -0.2) is 37.9 Å². The summed E-state index contributed by atoms with van der Waals surface area (Å²) in [6.07, 6.45) is 0.578. The second-order valence-corrected chi connectivity index (χ2v) is 7.18. The molecule has 0 unspecified atom stereocenters. The highest BCUT2D eigenvalue weighted by Gasteiger charge is 2.41. The lowest BCUT2D eigenvalue weighted by atomic mass is 9.91. The molecule has 0 aliphatic carbocycles. The van der Waals surface area contributed by atoms with Gasteiger partial charge in [-0.25, -0.2) is 8.42 Å². The fourth-order valence-electron chi connectivity index (χ4n) is 1.80. The number of rotatable bonds is 4. The predicted molar refractivity (Wildman–Crippen MR) is 62.7 cm³/mol. The molecule has 6 heteroatoms. The highest BCUT2D eigenvalue weighted by atomic mass is 32.2. The van der Waals surface area contributed by atoms with Crippen molar-refractivity contribution in [3.05, 3.63) is 0 Å². The van der Waals surface area contributed by atoms with Crippen LogP contribution in [-0.2, 0) is 14.6 Å². The number of hydrogen-bond donors (Lipinski definition) is 2. The SMILES string of the molecule is CC(C)CNC1(C(N)=O)CCS(=O)(=O)CC1. The average molecular weight is 248 g/mol. The number of carbonyl (C=O) groups excluding carboxylic acids is 1. The third kappa shape index (κ3) is 3.18. The second kappa shape index (κ2) is 4.71. The number of hydrogen-bond acceptors (Lipinski definition) is 4. The van der Waals surface area contributed by atoms with Gasteiger partial charge in [0.1, 0.15) is 9.84 Å². The standard InChI is InChI=1S/C10H20N2O3S/c1-8(2)7-12-10(9(11)13)3-5-16(14,15)6-4-10/h8,12H,3-7H2,1-2H3,(H2,11,13). The molecule has 1 amide bonds. The van der Waals surface area contributed by atoms with E-state index in [1.807, 2.05) is 13.8 Å². The van der Waals surface area contributed by atoms with E-state index >= 15 is 0 Å². The van der Waals surface area contributed by atoms with E-state index in [4.69, 9.17) is 5.73 Å². The Hall–Kier alpha value is -0.620. The molecule has 5 nitrogen and oxygen atoms in total. The molecule has 1 aliphatic heterocycles. The number of primary amides is 1. The number of carbonyl (C=O) groups is 1. The highest BCUT2D eigenvalue weighted by Crippen LogP contribution is 2.23. The zero-order valence-corrected chi connectivity index (χ0v) is 10.6. The minimum Gasteiger partial charge on any atom is -0.368 e. The Morgan fingerprint density at radius 1 is 1.38 bits per heavy atom. The van der Waals surface area contributed by atoms with Crippen LogP contribution in [0, 0.1) is 5.92 Å². The fraction of sp³-hybridized carbons (Fsp3) is 0.900. The van der Waals surface area contributed by atoms with E-state index in [1.54, 1.807) is 0 Å². The molecule has 0 radical (unpaired) electrons. The molecule has 0 saturated carbocycles. The summed E-state index contributed by atoms with van der Waals surface area (Å²) >= 11 is 0. The predicted octanol–water partition coefficient (Wildman–Crippen LogP) is -0.335. The fourth-order valence-corrected chi connectivity index (χ4v) is 3.32. The Morgan fingerprint density at radius 2 is 1.88 bits per heavy atom. The van der Waals surface area contributed by atoms with Crippen molar-refractivity contribution in [3.63, 3.8) is 0 Å². The zero-order valence-electron chi connectivity index (χ0n) is 9.82. The minimum atomic E-state index is -2.97. The maximum atomic E-state index is 11.5. The molecule has 0 bridgehead atoms. The van der Waals surface area contributed by atoms with Gasteiger partial charge < -0.3 is 11.1 Å². The number of nitrogens with one attached hydrogen (secondary N) is 1. The van der Waals surface area contributed by atoms with Crippen LogP contribution < -0.4 is 11.1 Å². The molecule has 0 aromatic rings. The van der Waals surface area contributed by atoms with Gasteiger partial charge in [0.25, 0.3) is 0 Å². The molecular weight excluding hydrogens is 228 g/mol. The van der Waals surface area contributed by atoms with E-state index in [-0.39, 0.29) is 24.3 Å². The van der Waals surface area contributed by atoms with Gasteiger partial charge in [-0.3, -0.25) is 4.79 Å². The van der Waals surface area contributed by atoms with Crippen molar-refractivity contribution in [2.24, 2.45) is 11.7 Å². The van der Waals surface area contributed by atoms with Crippen LogP contribution in [0.1, 0.15) is 26.7 Å². The Kier molecular flexibility index (Phi) is 3.96. The Balaban J connectivity index is 2.73. The first-order valence-corrected chi connectivity index (χ1v) is 7.35. The Bertz CT molecular complexity index is 348. The third-order valence-electron chi connectivity index (χ3n) is 3.00. The summed E-state index contributed by atoms with van der Waals surface area (Å²) < 4.78 is 22.6. The maximum absolute atomic E-state index is 11.5. The molecule has 3 N–H and O–H groups in total. The van der Waals surface area contributed by atoms with Crippen molar-refractivity contribution in [2.45, 2.75) is 32.2 Å². The summed E-state index contributed by atoms with van der Waals surface area (Å²) in [6, 6.07) is 0. The first kappa shape index (κ1) is 13.4. The van der Waals surface area contributed by atoms with E-state index in [1.165, 1.54) is 0 Å². The van der Waals surface area contributed by atoms with Gasteiger partial charge in [-0.05, 0) is 25.3 Å². The lowest BCUT2D eigenvalue weighted by Crippen LogP contribution is -2.59. The van der Waals surface area contributed by atoms with Crippen LogP contribution in [0.15, 0.2) is 0 Å². The Morgan fingerprint density at radius 3 is 2.25 bits per heavy atom. The molecule has 16 heavy (non-hydrogen) atoms. The van der Waals surface area contributed by atoms with Crippen molar-refractivity contribution in [1.82, 2.24) is 5.32 Å². The van der Waals surface area contributed by atoms with Crippen LogP contribution in [0.2, 0.25) is 0 Å². The van der Waals surface area contributed by atoms with Gasteiger partial charge in [0, 0.05) is 0 Å². The normalized spacial score (nSPS) is 23.2. The Labute approximate surface area is 96.7 Å². The number of sulfone groups is 1. The van der Waals surface area contributed by atoms with E-state index in [0.29, 0.717) is 12.5 Å². The third-order valence-corrected chi connectivity index (χ3v) is 4.65. The van der Waals surface area contributed by atoms with Gasteiger partial charge in [-0.2, -0.15) is 0 Å². The van der Waals surface area contributed by atoms with Gasteiger partial charge in [-0.15, -0.1) is 0 Å². The van der Waals surface area contributed by atoms with Crippen LogP contribution in [0.3, 0.4) is 0 Å². The van der Waals surface area contributed by atoms with Crippen molar-refractivity contribution >= 4 is 15.7 Å². The van der Waals surface area contributed by atoms with Gasteiger partial charge in [-0.1, -0.05) is 13.8 Å². The van der Waals surface area contributed by atoms with Gasteiger partial charge in [0.2, 0.25) is 5.91 Å². The monoisotopic (exact) mass is 248 g/mol. The van der Waals surface area contributed by atoms with E-state index in [9.17, 15) is 13.2 Å². The van der Waals surface area contributed by atoms with E-state index in [2.05, 4.69) is 5.32 Å². The van der Waals surface area contributed by atoms with Gasteiger partial charge >= 0.3 is 0 Å². The lowest BCUT2D eigenvalue weighted by Gasteiger charge is -2.35. The molecule has 1 rings (SSSR count). The smallest absolute Gasteiger partial charge is 0.237 e. The highest BCUT2D eigenvalue weighted by molar-refractivity contribution is 7.91. The molecule has 0 spiro atoms. The first-order chi connectivity index (χ1) is 7.27. The molecule has 0 aromatic heterocycles. The van der Waals surface area contributed by atoms with Crippen molar-refractivity contribution in [1.29, 1.82) is 0 Å². The number of nitrogens with two attached hydrogens (primary N) is 1. The molecule has 0 atom stereocenters. The van der Waals surface area contributed by atoms with Crippen molar-refractivity contribution in [2.75, 3.05) is 18.1 Å². The zero-order chi connectivity index (χ0) is 12.4. The van der Waals surface area contributed by atoms with Gasteiger partial charge in [0.05, 0.1) is 17.0 Å². The van der Waals surface area contributed by atoms with Crippen molar-refractivity contribution in [3.8, 4) is 0 Å². The molecule has 1 heterocycles. The van der Waals surface area contributed by atoms with E-state index in [0.717, 1.165) is 0 Å². The molecular formula is C10H20N2O3S. The summed E-state index contributed by atoms with van der Waals surface area (Å²) in [5, 5.41) is 3.13. The van der Waals surface area contributed by atoms with Crippen LogP contribution in [0.25, 0.3) is 0 Å². The van der Waals surface area contributed by atoms with Gasteiger partial charge in [0.15, 0.2) is 0 Å². The maximum Gasteiger partial charge on any atom is 0.237 e. The molecule has 1 fully saturated rings. The summed E-state index contributed by atoms with van der Waals surface area (Å²) in [7, 11) is -2.97. The number of amides is 1. The quantitative estimate of drug-likeness (QED) is 0.712. The topological polar surface area (TPSA) is 89.3 Å². The minimum absolute atomic E-state index is 0.0427. The van der Waals surface area contributed by atoms with Crippen LogP contribution in [0.5, 0.6) is 0 Å². The summed E-state index contributed by atoms with van der Waals surface area (Å²) in [6.45, 7) is 4.73. The lowest BCUT2D eigenvalue weighted by molar-refractivity contribution is -0.124. The molecule has 1 saturated heterocycles. The summed E-state index contributed by atoms with van der Waals surface area (Å²) in [5.74, 6) is 0.0417. The van der Waals surface area contributed by atoms with E-state index < -0.39 is 21.3 Å². The van der Waals surface area contributed by atoms with Crippen LogP contribution >= 0.6 is 0 Å². The molecule has 1 aliphatic rings. The molecule has 0 aromatic carbocycles.